The van der Waals surface area contributed by atoms with E-state index in [9.17, 15) is 9.50 Å². The number of benzene rings is 1. The first-order chi connectivity index (χ1) is 14.1. The quantitative estimate of drug-likeness (QED) is 0.276. The van der Waals surface area contributed by atoms with Crippen molar-refractivity contribution in [2.75, 3.05) is 33.4 Å². The summed E-state index contributed by atoms with van der Waals surface area (Å²) in [5.41, 5.74) is 0.911. The van der Waals surface area contributed by atoms with Gasteiger partial charge in [-0.15, -0.1) is 24.0 Å². The van der Waals surface area contributed by atoms with Crippen LogP contribution >= 0.6 is 24.0 Å². The minimum atomic E-state index is -0.313. The molecule has 0 spiro atoms. The molecular formula is C21H28FIN4O3. The molecule has 0 amide bonds. The fraction of sp³-hybridized carbons (Fsp3) is 0.429. The van der Waals surface area contributed by atoms with Gasteiger partial charge in [-0.2, -0.15) is 0 Å². The van der Waals surface area contributed by atoms with Crippen LogP contribution in [0.15, 0.2) is 47.6 Å². The Morgan fingerprint density at radius 1 is 1.30 bits per heavy atom. The van der Waals surface area contributed by atoms with Crippen LogP contribution in [0.5, 0.6) is 11.6 Å². The van der Waals surface area contributed by atoms with Crippen molar-refractivity contribution in [2.45, 2.75) is 19.4 Å². The highest BCUT2D eigenvalue weighted by molar-refractivity contribution is 14.0. The lowest BCUT2D eigenvalue weighted by molar-refractivity contribution is 0.127. The Balaban J connectivity index is 0.00000320. The number of aliphatic hydroxyl groups excluding tert-OH is 1. The standard InChI is InChI=1S/C21H27FN4O3.HI/c1-23-20(26-14-21(7-10-27)8-11-28-15-21)25-13-16-6-9-24-19(12-16)29-18-4-2-17(22)3-5-18;/h2-6,9,12,27H,7-8,10-11,13-15H2,1H3,(H2,23,25,26);1H. The molecule has 3 rings (SSSR count). The van der Waals surface area contributed by atoms with Gasteiger partial charge in [0.1, 0.15) is 11.6 Å². The van der Waals surface area contributed by atoms with E-state index in [2.05, 4.69) is 20.6 Å². The predicted octanol–water partition coefficient (Wildman–Crippen LogP) is 3.09. The van der Waals surface area contributed by atoms with Gasteiger partial charge >= 0.3 is 0 Å². The lowest BCUT2D eigenvalue weighted by atomic mass is 9.84. The number of aliphatic hydroxyl groups is 1. The minimum absolute atomic E-state index is 0. The van der Waals surface area contributed by atoms with Crippen LogP contribution < -0.4 is 15.4 Å². The van der Waals surface area contributed by atoms with Crippen molar-refractivity contribution < 1.29 is 19.0 Å². The Labute approximate surface area is 193 Å². The molecule has 1 fully saturated rings. The molecule has 1 aromatic carbocycles. The summed E-state index contributed by atoms with van der Waals surface area (Å²) in [4.78, 5) is 8.46. The first-order valence-corrected chi connectivity index (χ1v) is 9.64. The third-order valence-corrected chi connectivity index (χ3v) is 4.98. The molecule has 0 aliphatic carbocycles. The Hall–Kier alpha value is -1.98. The lowest BCUT2D eigenvalue weighted by Gasteiger charge is -2.27. The SMILES string of the molecule is CN=C(NCc1ccnc(Oc2ccc(F)cc2)c1)NCC1(CCO)CCOC1.I. The fourth-order valence-corrected chi connectivity index (χ4v) is 3.23. The number of aliphatic imine (C=N–C) groups is 1. The number of hydrogen-bond donors (Lipinski definition) is 3. The van der Waals surface area contributed by atoms with Crippen LogP contribution in [0.1, 0.15) is 18.4 Å². The van der Waals surface area contributed by atoms with Crippen molar-refractivity contribution >= 4 is 29.9 Å². The minimum Gasteiger partial charge on any atom is -0.439 e. The summed E-state index contributed by atoms with van der Waals surface area (Å²) < 4.78 is 24.2. The number of ether oxygens (including phenoxy) is 2. The van der Waals surface area contributed by atoms with Gasteiger partial charge in [-0.05, 0) is 48.7 Å². The Morgan fingerprint density at radius 2 is 2.10 bits per heavy atom. The maximum absolute atomic E-state index is 13.0. The Morgan fingerprint density at radius 3 is 2.77 bits per heavy atom. The largest absolute Gasteiger partial charge is 0.439 e. The average Bonchev–Trinajstić information content (AvgIpc) is 3.19. The molecule has 164 valence electrons. The second-order valence-corrected chi connectivity index (χ2v) is 7.11. The molecule has 0 radical (unpaired) electrons. The number of halogens is 2. The molecule has 7 nitrogen and oxygen atoms in total. The molecule has 2 heterocycles. The van der Waals surface area contributed by atoms with Gasteiger partial charge in [-0.3, -0.25) is 4.99 Å². The van der Waals surface area contributed by atoms with Crippen LogP contribution in [0, 0.1) is 11.2 Å². The highest BCUT2D eigenvalue weighted by atomic mass is 127. The van der Waals surface area contributed by atoms with Crippen molar-refractivity contribution in [1.29, 1.82) is 0 Å². The lowest BCUT2D eigenvalue weighted by Crippen LogP contribution is -2.44. The van der Waals surface area contributed by atoms with E-state index in [0.29, 0.717) is 43.7 Å². The zero-order valence-electron chi connectivity index (χ0n) is 16.9. The van der Waals surface area contributed by atoms with Gasteiger partial charge in [-0.25, -0.2) is 9.37 Å². The molecule has 1 saturated heterocycles. The topological polar surface area (TPSA) is 88.0 Å². The van der Waals surface area contributed by atoms with Crippen molar-refractivity contribution in [3.63, 3.8) is 0 Å². The van der Waals surface area contributed by atoms with E-state index >= 15 is 0 Å². The number of aromatic nitrogens is 1. The van der Waals surface area contributed by atoms with Crippen LogP contribution in [-0.2, 0) is 11.3 Å². The van der Waals surface area contributed by atoms with Gasteiger partial charge in [0, 0.05) is 51.0 Å². The summed E-state index contributed by atoms with van der Waals surface area (Å²) in [6, 6.07) is 9.51. The Bertz CT molecular complexity index is 814. The summed E-state index contributed by atoms with van der Waals surface area (Å²) in [6.45, 7) is 2.73. The van der Waals surface area contributed by atoms with Crippen molar-refractivity contribution in [1.82, 2.24) is 15.6 Å². The maximum atomic E-state index is 13.0. The van der Waals surface area contributed by atoms with E-state index in [-0.39, 0.29) is 41.8 Å². The zero-order chi connectivity index (χ0) is 20.5. The third-order valence-electron chi connectivity index (χ3n) is 4.98. The predicted molar refractivity (Wildman–Crippen MR) is 124 cm³/mol. The highest BCUT2D eigenvalue weighted by Crippen LogP contribution is 2.31. The van der Waals surface area contributed by atoms with Gasteiger partial charge in [0.05, 0.1) is 6.61 Å². The molecule has 0 bridgehead atoms. The molecule has 1 aliphatic rings. The van der Waals surface area contributed by atoms with Crippen LogP contribution in [0.4, 0.5) is 4.39 Å². The highest BCUT2D eigenvalue weighted by Gasteiger charge is 2.34. The zero-order valence-corrected chi connectivity index (χ0v) is 19.3. The second kappa shape index (κ2) is 12.0. The number of nitrogens with zero attached hydrogens (tertiary/aromatic N) is 2. The van der Waals surface area contributed by atoms with E-state index in [1.807, 2.05) is 12.1 Å². The van der Waals surface area contributed by atoms with Crippen molar-refractivity contribution in [2.24, 2.45) is 10.4 Å². The normalized spacial score (nSPS) is 18.6. The molecular weight excluding hydrogens is 502 g/mol. The van der Waals surface area contributed by atoms with Crippen LogP contribution in [0.25, 0.3) is 0 Å². The summed E-state index contributed by atoms with van der Waals surface area (Å²) in [6.07, 6.45) is 3.29. The van der Waals surface area contributed by atoms with E-state index in [0.717, 1.165) is 18.6 Å². The number of nitrogens with one attached hydrogen (secondary N) is 2. The molecule has 1 aliphatic heterocycles. The van der Waals surface area contributed by atoms with Gasteiger partial charge < -0.3 is 25.2 Å². The monoisotopic (exact) mass is 530 g/mol. The van der Waals surface area contributed by atoms with E-state index < -0.39 is 0 Å². The molecule has 9 heteroatoms. The van der Waals surface area contributed by atoms with E-state index in [1.165, 1.54) is 12.1 Å². The fourth-order valence-electron chi connectivity index (χ4n) is 3.23. The van der Waals surface area contributed by atoms with E-state index in [1.54, 1.807) is 25.4 Å². The number of rotatable bonds is 8. The second-order valence-electron chi connectivity index (χ2n) is 7.11. The third kappa shape index (κ3) is 7.06. The smallest absolute Gasteiger partial charge is 0.219 e. The molecule has 3 N–H and O–H groups in total. The number of guanidine groups is 1. The average molecular weight is 530 g/mol. The molecule has 0 saturated carbocycles. The first kappa shape index (κ1) is 24.3. The van der Waals surface area contributed by atoms with Gasteiger partial charge in [-0.1, -0.05) is 0 Å². The molecule has 2 aromatic rings. The van der Waals surface area contributed by atoms with Gasteiger partial charge in [0.15, 0.2) is 5.96 Å². The number of pyridine rings is 1. The molecule has 1 aromatic heterocycles. The van der Waals surface area contributed by atoms with Crippen molar-refractivity contribution in [3.05, 3.63) is 54.0 Å². The van der Waals surface area contributed by atoms with Crippen LogP contribution in [-0.4, -0.2) is 49.5 Å². The first-order valence-electron chi connectivity index (χ1n) is 9.64. The van der Waals surface area contributed by atoms with Crippen LogP contribution in [0.3, 0.4) is 0 Å². The van der Waals surface area contributed by atoms with Gasteiger partial charge in [0.25, 0.3) is 0 Å². The Kier molecular flexibility index (Phi) is 9.73. The molecule has 1 atom stereocenters. The summed E-state index contributed by atoms with van der Waals surface area (Å²) in [5.74, 6) is 1.32. The van der Waals surface area contributed by atoms with Crippen LogP contribution in [0.2, 0.25) is 0 Å². The van der Waals surface area contributed by atoms with Crippen molar-refractivity contribution in [3.8, 4) is 11.6 Å². The maximum Gasteiger partial charge on any atom is 0.219 e. The molecule has 1 unspecified atom stereocenters. The van der Waals surface area contributed by atoms with E-state index in [4.69, 9.17) is 9.47 Å². The summed E-state index contributed by atoms with van der Waals surface area (Å²) in [5, 5.41) is 15.9. The molecule has 30 heavy (non-hydrogen) atoms. The summed E-state index contributed by atoms with van der Waals surface area (Å²) >= 11 is 0. The summed E-state index contributed by atoms with van der Waals surface area (Å²) in [7, 11) is 1.72. The van der Waals surface area contributed by atoms with Gasteiger partial charge in [0.2, 0.25) is 5.88 Å². The number of hydrogen-bond acceptors (Lipinski definition) is 5.